The van der Waals surface area contributed by atoms with Crippen molar-refractivity contribution in [3.63, 3.8) is 0 Å². The molecule has 0 aliphatic rings. The number of hydrogen-bond acceptors (Lipinski definition) is 1. The van der Waals surface area contributed by atoms with Crippen LogP contribution in [-0.2, 0) is 0 Å². The molecule has 0 spiro atoms. The van der Waals surface area contributed by atoms with Gasteiger partial charge in [-0.15, -0.1) is 11.6 Å². The zero-order chi connectivity index (χ0) is 9.68. The Balaban J connectivity index is 3.01. The largest absolute Gasteiger partial charge is 0.206 e. The van der Waals surface area contributed by atoms with Crippen LogP contribution in [-0.4, -0.2) is 5.88 Å². The fourth-order valence-electron chi connectivity index (χ4n) is 0.913. The lowest BCUT2D eigenvalue weighted by molar-refractivity contribution is 0.624. The summed E-state index contributed by atoms with van der Waals surface area (Å²) in [4.78, 5) is 0. The maximum Gasteiger partial charge on any atom is 0.140 e. The first-order valence-corrected chi connectivity index (χ1v) is 4.23. The summed E-state index contributed by atoms with van der Waals surface area (Å²) in [5, 5.41) is 8.53. The van der Waals surface area contributed by atoms with Gasteiger partial charge in [-0.1, -0.05) is 18.2 Å². The van der Waals surface area contributed by atoms with E-state index in [4.69, 9.17) is 16.9 Å². The molecule has 1 aromatic carbocycles. The third-order valence-electron chi connectivity index (χ3n) is 1.51. The van der Waals surface area contributed by atoms with Crippen LogP contribution in [0.1, 0.15) is 11.1 Å². The Bertz CT molecular complexity index is 366. The summed E-state index contributed by atoms with van der Waals surface area (Å²) >= 11 is 5.43. The lowest BCUT2D eigenvalue weighted by atomic mass is 10.1. The van der Waals surface area contributed by atoms with Gasteiger partial charge in [0, 0.05) is 5.88 Å². The minimum atomic E-state index is -0.495. The van der Waals surface area contributed by atoms with E-state index in [9.17, 15) is 4.39 Å². The van der Waals surface area contributed by atoms with E-state index in [2.05, 4.69) is 0 Å². The van der Waals surface area contributed by atoms with E-state index in [0.717, 1.165) is 5.56 Å². The highest BCUT2D eigenvalue weighted by atomic mass is 35.5. The Hall–Kier alpha value is -1.33. The Morgan fingerprint density at radius 1 is 1.54 bits per heavy atom. The highest BCUT2D eigenvalue weighted by molar-refractivity contribution is 6.19. The molecule has 0 heterocycles. The van der Waals surface area contributed by atoms with Crippen LogP contribution in [0.15, 0.2) is 24.3 Å². The summed E-state index contributed by atoms with van der Waals surface area (Å²) < 4.78 is 12.8. The number of hydrogen-bond donors (Lipinski definition) is 0. The molecule has 0 aliphatic heterocycles. The summed E-state index contributed by atoms with van der Waals surface area (Å²) in [6.45, 7) is 0. The quantitative estimate of drug-likeness (QED) is 0.666. The van der Waals surface area contributed by atoms with Gasteiger partial charge in [0.1, 0.15) is 11.9 Å². The number of alkyl halides is 1. The molecule has 1 rings (SSSR count). The molecule has 0 saturated carbocycles. The monoisotopic (exact) mass is 195 g/mol. The van der Waals surface area contributed by atoms with Crippen molar-refractivity contribution in [1.29, 1.82) is 5.26 Å². The first-order chi connectivity index (χ1) is 6.27. The minimum Gasteiger partial charge on any atom is -0.206 e. The number of allylic oxidation sites excluding steroid dienone is 1. The van der Waals surface area contributed by atoms with Gasteiger partial charge in [0.05, 0.1) is 5.56 Å². The molecule has 1 nitrogen and oxygen atoms in total. The molecule has 0 N–H and O–H groups in total. The number of rotatable bonds is 2. The molecule has 0 saturated heterocycles. The summed E-state index contributed by atoms with van der Waals surface area (Å²) in [7, 11) is 0. The van der Waals surface area contributed by atoms with Gasteiger partial charge < -0.3 is 0 Å². The van der Waals surface area contributed by atoms with E-state index >= 15 is 0 Å². The SMILES string of the molecule is N#Cc1cc(/C=C/CCl)ccc1F. The maximum atomic E-state index is 12.8. The van der Waals surface area contributed by atoms with Crippen molar-refractivity contribution in [2.45, 2.75) is 0 Å². The van der Waals surface area contributed by atoms with Crippen molar-refractivity contribution in [2.75, 3.05) is 5.88 Å². The second kappa shape index (κ2) is 4.64. The van der Waals surface area contributed by atoms with Crippen LogP contribution in [0.3, 0.4) is 0 Å². The Kier molecular flexibility index (Phi) is 3.48. The lowest BCUT2D eigenvalue weighted by Gasteiger charge is -1.95. The maximum absolute atomic E-state index is 12.8. The fourth-order valence-corrected chi connectivity index (χ4v) is 1.00. The molecule has 0 bridgehead atoms. The summed E-state index contributed by atoms with van der Waals surface area (Å²) in [5.74, 6) is -0.0928. The van der Waals surface area contributed by atoms with Crippen molar-refractivity contribution in [1.82, 2.24) is 0 Å². The highest BCUT2D eigenvalue weighted by Crippen LogP contribution is 2.10. The van der Waals surface area contributed by atoms with E-state index in [-0.39, 0.29) is 5.56 Å². The van der Waals surface area contributed by atoms with Crippen molar-refractivity contribution < 1.29 is 4.39 Å². The molecule has 13 heavy (non-hydrogen) atoms. The molecule has 0 aliphatic carbocycles. The van der Waals surface area contributed by atoms with Gasteiger partial charge in [-0.2, -0.15) is 5.26 Å². The van der Waals surface area contributed by atoms with E-state index in [1.807, 2.05) is 0 Å². The summed E-state index contributed by atoms with van der Waals surface area (Å²) in [6.07, 6.45) is 3.48. The second-order valence-electron chi connectivity index (χ2n) is 2.41. The second-order valence-corrected chi connectivity index (χ2v) is 2.72. The molecule has 0 atom stereocenters. The van der Waals surface area contributed by atoms with Gasteiger partial charge >= 0.3 is 0 Å². The zero-order valence-electron chi connectivity index (χ0n) is 6.80. The Morgan fingerprint density at radius 2 is 2.31 bits per heavy atom. The first kappa shape index (κ1) is 9.76. The van der Waals surface area contributed by atoms with Crippen molar-refractivity contribution >= 4 is 17.7 Å². The van der Waals surface area contributed by atoms with Crippen molar-refractivity contribution in [2.24, 2.45) is 0 Å². The predicted molar refractivity (Wildman–Crippen MR) is 50.9 cm³/mol. The molecular weight excluding hydrogens is 189 g/mol. The molecule has 1 aromatic rings. The van der Waals surface area contributed by atoms with Gasteiger partial charge in [-0.25, -0.2) is 4.39 Å². The average Bonchev–Trinajstić information content (AvgIpc) is 2.16. The molecule has 0 unspecified atom stereocenters. The number of nitrogens with zero attached hydrogens (tertiary/aromatic N) is 1. The van der Waals surface area contributed by atoms with Gasteiger partial charge in [0.15, 0.2) is 0 Å². The first-order valence-electron chi connectivity index (χ1n) is 3.70. The van der Waals surface area contributed by atoms with Crippen molar-refractivity contribution in [3.8, 4) is 6.07 Å². The molecular formula is C10H7ClFN. The topological polar surface area (TPSA) is 23.8 Å². The number of nitriles is 1. The molecule has 0 amide bonds. The van der Waals surface area contributed by atoms with Crippen LogP contribution < -0.4 is 0 Å². The molecule has 0 radical (unpaired) electrons. The van der Waals surface area contributed by atoms with Crippen molar-refractivity contribution in [3.05, 3.63) is 41.2 Å². The number of halogens is 2. The molecule has 3 heteroatoms. The molecule has 0 aromatic heterocycles. The molecule has 66 valence electrons. The van der Waals surface area contributed by atoms with Crippen LogP contribution in [0.2, 0.25) is 0 Å². The van der Waals surface area contributed by atoms with E-state index in [1.54, 1.807) is 24.3 Å². The average molecular weight is 196 g/mol. The van der Waals surface area contributed by atoms with Gasteiger partial charge in [0.25, 0.3) is 0 Å². The third-order valence-corrected chi connectivity index (χ3v) is 1.69. The zero-order valence-corrected chi connectivity index (χ0v) is 7.55. The van der Waals surface area contributed by atoms with Crippen LogP contribution in [0, 0.1) is 17.1 Å². The predicted octanol–water partition coefficient (Wildman–Crippen LogP) is 2.95. The van der Waals surface area contributed by atoms with Gasteiger partial charge in [-0.3, -0.25) is 0 Å². The number of benzene rings is 1. The molecule has 0 fully saturated rings. The van der Waals surface area contributed by atoms with Crippen LogP contribution >= 0.6 is 11.6 Å². The Morgan fingerprint density at radius 3 is 2.92 bits per heavy atom. The lowest BCUT2D eigenvalue weighted by Crippen LogP contribution is -1.83. The van der Waals surface area contributed by atoms with E-state index in [0.29, 0.717) is 5.88 Å². The van der Waals surface area contributed by atoms with E-state index < -0.39 is 5.82 Å². The normalized spacial score (nSPS) is 10.2. The fraction of sp³-hybridized carbons (Fsp3) is 0.100. The summed E-state index contributed by atoms with van der Waals surface area (Å²) in [6, 6.07) is 6.12. The third kappa shape index (κ3) is 2.57. The van der Waals surface area contributed by atoms with Crippen LogP contribution in [0.4, 0.5) is 4.39 Å². The van der Waals surface area contributed by atoms with E-state index in [1.165, 1.54) is 12.1 Å². The summed E-state index contributed by atoms with van der Waals surface area (Å²) in [5.41, 5.74) is 0.829. The van der Waals surface area contributed by atoms with Crippen LogP contribution in [0.5, 0.6) is 0 Å². The van der Waals surface area contributed by atoms with Gasteiger partial charge in [-0.05, 0) is 17.7 Å². The highest BCUT2D eigenvalue weighted by Gasteiger charge is 1.99. The smallest absolute Gasteiger partial charge is 0.140 e. The van der Waals surface area contributed by atoms with Crippen LogP contribution in [0.25, 0.3) is 6.08 Å². The minimum absolute atomic E-state index is 0.0525. The Labute approximate surface area is 81.1 Å². The standard InChI is InChI=1S/C10H7ClFN/c11-5-1-2-8-3-4-10(12)9(6-8)7-13/h1-4,6H,5H2/b2-1+. The van der Waals surface area contributed by atoms with Gasteiger partial charge in [0.2, 0.25) is 0 Å².